The molecule has 0 atom stereocenters. The first-order chi connectivity index (χ1) is 10.6. The first kappa shape index (κ1) is 16.4. The highest BCUT2D eigenvalue weighted by Crippen LogP contribution is 2.25. The maximum atomic E-state index is 11.8. The Morgan fingerprint density at radius 3 is 2.32 bits per heavy atom. The van der Waals surface area contributed by atoms with Gasteiger partial charge in [0.05, 0.1) is 14.2 Å². The topological polar surface area (TPSA) is 44.8 Å². The van der Waals surface area contributed by atoms with Crippen molar-refractivity contribution >= 4 is 34.6 Å². The molecular formula is C17H15IO4. The van der Waals surface area contributed by atoms with Crippen molar-refractivity contribution < 1.29 is 19.0 Å². The summed E-state index contributed by atoms with van der Waals surface area (Å²) in [6.45, 7) is 0. The van der Waals surface area contributed by atoms with Crippen LogP contribution in [0.1, 0.15) is 5.56 Å². The molecule has 2 aromatic carbocycles. The number of carbonyl (C=O) groups is 1. The van der Waals surface area contributed by atoms with Crippen LogP contribution in [0.5, 0.6) is 17.2 Å². The van der Waals surface area contributed by atoms with Crippen LogP contribution in [0.2, 0.25) is 0 Å². The molecule has 0 heterocycles. The molecule has 0 aromatic heterocycles. The summed E-state index contributed by atoms with van der Waals surface area (Å²) in [5, 5.41) is 0. The summed E-state index contributed by atoms with van der Waals surface area (Å²) in [6.07, 6.45) is 2.99. The van der Waals surface area contributed by atoms with Gasteiger partial charge in [-0.25, -0.2) is 4.79 Å². The summed E-state index contributed by atoms with van der Waals surface area (Å²) in [5.41, 5.74) is 0.737. The number of halogens is 1. The molecule has 0 fully saturated rings. The van der Waals surface area contributed by atoms with Crippen LogP contribution < -0.4 is 14.2 Å². The van der Waals surface area contributed by atoms with E-state index in [2.05, 4.69) is 22.6 Å². The third kappa shape index (κ3) is 4.49. The van der Waals surface area contributed by atoms with E-state index in [1.807, 2.05) is 12.1 Å². The molecule has 2 rings (SSSR count). The second-order valence-electron chi connectivity index (χ2n) is 4.32. The van der Waals surface area contributed by atoms with Gasteiger partial charge in [0.2, 0.25) is 0 Å². The van der Waals surface area contributed by atoms with E-state index in [0.29, 0.717) is 17.2 Å². The number of rotatable bonds is 5. The van der Waals surface area contributed by atoms with Gasteiger partial charge in [0, 0.05) is 15.2 Å². The van der Waals surface area contributed by atoms with Gasteiger partial charge < -0.3 is 14.2 Å². The van der Waals surface area contributed by atoms with Crippen LogP contribution in [0.25, 0.3) is 6.08 Å². The van der Waals surface area contributed by atoms with Crippen LogP contribution >= 0.6 is 22.6 Å². The fourth-order valence-corrected chi connectivity index (χ4v) is 2.14. The Morgan fingerprint density at radius 1 is 1.00 bits per heavy atom. The molecule has 0 spiro atoms. The van der Waals surface area contributed by atoms with Gasteiger partial charge in [-0.2, -0.15) is 0 Å². The fourth-order valence-electron chi connectivity index (χ4n) is 1.78. The zero-order chi connectivity index (χ0) is 15.9. The van der Waals surface area contributed by atoms with E-state index in [9.17, 15) is 4.79 Å². The Balaban J connectivity index is 2.10. The zero-order valence-corrected chi connectivity index (χ0v) is 14.4. The fraction of sp³-hybridized carbons (Fsp3) is 0.118. The predicted molar refractivity (Wildman–Crippen MR) is 93.4 cm³/mol. The summed E-state index contributed by atoms with van der Waals surface area (Å²) in [7, 11) is 3.16. The molecule has 0 amide bonds. The number of methoxy groups -OCH3 is 2. The third-order valence-electron chi connectivity index (χ3n) is 2.87. The van der Waals surface area contributed by atoms with Crippen LogP contribution in [-0.2, 0) is 4.79 Å². The second kappa shape index (κ2) is 7.84. The third-order valence-corrected chi connectivity index (χ3v) is 3.59. The van der Waals surface area contributed by atoms with Gasteiger partial charge in [-0.05, 0) is 71.1 Å². The highest BCUT2D eigenvalue weighted by molar-refractivity contribution is 14.1. The van der Waals surface area contributed by atoms with Gasteiger partial charge in [-0.1, -0.05) is 0 Å². The van der Waals surface area contributed by atoms with Gasteiger partial charge in [0.15, 0.2) is 0 Å². The molecule has 5 heteroatoms. The van der Waals surface area contributed by atoms with E-state index in [1.165, 1.54) is 6.08 Å². The van der Waals surface area contributed by atoms with Crippen LogP contribution in [-0.4, -0.2) is 20.2 Å². The summed E-state index contributed by atoms with van der Waals surface area (Å²) in [4.78, 5) is 11.8. The van der Waals surface area contributed by atoms with Crippen molar-refractivity contribution in [2.45, 2.75) is 0 Å². The highest BCUT2D eigenvalue weighted by atomic mass is 127. The van der Waals surface area contributed by atoms with E-state index in [-0.39, 0.29) is 0 Å². The number of esters is 1. The average molecular weight is 410 g/mol. The molecule has 0 saturated carbocycles. The number of hydrogen-bond donors (Lipinski definition) is 0. The minimum Gasteiger partial charge on any atom is -0.497 e. The van der Waals surface area contributed by atoms with Crippen LogP contribution in [0.15, 0.2) is 48.5 Å². The Kier molecular flexibility index (Phi) is 5.83. The lowest BCUT2D eigenvalue weighted by atomic mass is 10.1. The van der Waals surface area contributed by atoms with E-state index < -0.39 is 5.97 Å². The monoisotopic (exact) mass is 410 g/mol. The standard InChI is InChI=1S/C17H15IO4/c1-20-15-8-9-16(21-2)12(11-15)3-10-17(19)22-14-6-4-13(18)5-7-14/h3-11H,1-2H3/b10-3+. The van der Waals surface area contributed by atoms with Gasteiger partial charge >= 0.3 is 5.97 Å². The first-order valence-electron chi connectivity index (χ1n) is 6.50. The smallest absolute Gasteiger partial charge is 0.336 e. The number of carbonyl (C=O) groups excluding carboxylic acids is 1. The largest absolute Gasteiger partial charge is 0.497 e. The lowest BCUT2D eigenvalue weighted by Crippen LogP contribution is -2.03. The molecule has 0 saturated heterocycles. The summed E-state index contributed by atoms with van der Waals surface area (Å²) >= 11 is 2.19. The Hall–Kier alpha value is -2.02. The normalized spacial score (nSPS) is 10.5. The molecule has 0 aliphatic rings. The van der Waals surface area contributed by atoms with E-state index in [1.54, 1.807) is 50.6 Å². The van der Waals surface area contributed by atoms with Crippen molar-refractivity contribution in [1.29, 1.82) is 0 Å². The van der Waals surface area contributed by atoms with Gasteiger partial charge in [0.1, 0.15) is 17.2 Å². The molecule has 0 unspecified atom stereocenters. The molecule has 2 aromatic rings. The van der Waals surface area contributed by atoms with Crippen molar-refractivity contribution in [2.24, 2.45) is 0 Å². The minimum atomic E-state index is -0.453. The SMILES string of the molecule is COc1ccc(OC)c(/C=C/C(=O)Oc2ccc(I)cc2)c1. The van der Waals surface area contributed by atoms with E-state index in [0.717, 1.165) is 9.13 Å². The lowest BCUT2D eigenvalue weighted by molar-refractivity contribution is -0.128. The van der Waals surface area contributed by atoms with Crippen molar-refractivity contribution in [3.8, 4) is 17.2 Å². The molecule has 4 nitrogen and oxygen atoms in total. The summed E-state index contributed by atoms with van der Waals surface area (Å²) in [6, 6.07) is 12.6. The maximum absolute atomic E-state index is 11.8. The zero-order valence-electron chi connectivity index (χ0n) is 12.2. The molecule has 0 N–H and O–H groups in total. The first-order valence-corrected chi connectivity index (χ1v) is 7.57. The van der Waals surface area contributed by atoms with Crippen LogP contribution in [0.3, 0.4) is 0 Å². The summed E-state index contributed by atoms with van der Waals surface area (Å²) in [5.74, 6) is 1.39. The molecule has 0 aliphatic heterocycles. The molecular weight excluding hydrogens is 395 g/mol. The Morgan fingerprint density at radius 2 is 1.68 bits per heavy atom. The molecule has 0 aliphatic carbocycles. The van der Waals surface area contributed by atoms with E-state index >= 15 is 0 Å². The summed E-state index contributed by atoms with van der Waals surface area (Å²) < 4.78 is 16.7. The Bertz CT molecular complexity index is 678. The Labute approximate surface area is 142 Å². The van der Waals surface area contributed by atoms with Gasteiger partial charge in [-0.15, -0.1) is 0 Å². The maximum Gasteiger partial charge on any atom is 0.336 e. The van der Waals surface area contributed by atoms with Gasteiger partial charge in [0.25, 0.3) is 0 Å². The minimum absolute atomic E-state index is 0.453. The van der Waals surface area contributed by atoms with Crippen molar-refractivity contribution in [3.63, 3.8) is 0 Å². The molecule has 114 valence electrons. The second-order valence-corrected chi connectivity index (χ2v) is 5.56. The lowest BCUT2D eigenvalue weighted by Gasteiger charge is -2.07. The van der Waals surface area contributed by atoms with Gasteiger partial charge in [-0.3, -0.25) is 0 Å². The van der Waals surface area contributed by atoms with Crippen LogP contribution in [0, 0.1) is 3.57 Å². The number of benzene rings is 2. The number of ether oxygens (including phenoxy) is 3. The molecule has 0 bridgehead atoms. The quantitative estimate of drug-likeness (QED) is 0.325. The average Bonchev–Trinajstić information content (AvgIpc) is 2.54. The van der Waals surface area contributed by atoms with E-state index in [4.69, 9.17) is 14.2 Å². The number of hydrogen-bond acceptors (Lipinski definition) is 4. The van der Waals surface area contributed by atoms with Crippen molar-refractivity contribution in [1.82, 2.24) is 0 Å². The van der Waals surface area contributed by atoms with Crippen LogP contribution in [0.4, 0.5) is 0 Å². The van der Waals surface area contributed by atoms with Crippen molar-refractivity contribution in [3.05, 3.63) is 57.7 Å². The molecule has 0 radical (unpaired) electrons. The highest BCUT2D eigenvalue weighted by Gasteiger charge is 2.04. The predicted octanol–water partition coefficient (Wildman–Crippen LogP) is 3.93. The van der Waals surface area contributed by atoms with Crippen molar-refractivity contribution in [2.75, 3.05) is 14.2 Å². The molecule has 22 heavy (non-hydrogen) atoms.